The number of hydrogen-bond acceptors (Lipinski definition) is 4. The van der Waals surface area contributed by atoms with Crippen molar-refractivity contribution < 1.29 is 24.2 Å². The smallest absolute Gasteiger partial charge is 0.338 e. The van der Waals surface area contributed by atoms with Crippen molar-refractivity contribution in [1.82, 2.24) is 0 Å². The molecule has 0 aromatic heterocycles. The van der Waals surface area contributed by atoms with Gasteiger partial charge in [-0.25, -0.2) is 9.59 Å². The number of carbonyl (C=O) groups is 2. The molecular weight excluding hydrogens is 212 g/mol. The molecule has 0 radical (unpaired) electrons. The van der Waals surface area contributed by atoms with Crippen molar-refractivity contribution in [2.45, 2.75) is 0 Å². The summed E-state index contributed by atoms with van der Waals surface area (Å²) >= 11 is 0. The van der Waals surface area contributed by atoms with Crippen molar-refractivity contribution in [1.29, 1.82) is 0 Å². The van der Waals surface area contributed by atoms with Crippen LogP contribution in [0, 0.1) is 0 Å². The van der Waals surface area contributed by atoms with Gasteiger partial charge in [-0.2, -0.15) is 0 Å². The molecule has 1 N–H and O–H groups in total. The van der Waals surface area contributed by atoms with Crippen molar-refractivity contribution >= 4 is 11.9 Å². The molecule has 0 unspecified atom stereocenters. The van der Waals surface area contributed by atoms with Gasteiger partial charge in [-0.1, -0.05) is 18.2 Å². The maximum Gasteiger partial charge on any atom is 0.338 e. The van der Waals surface area contributed by atoms with E-state index in [0.717, 1.165) is 0 Å². The van der Waals surface area contributed by atoms with Crippen LogP contribution < -0.4 is 0 Å². The third kappa shape index (κ3) is 4.56. The highest BCUT2D eigenvalue weighted by atomic mass is 16.6. The van der Waals surface area contributed by atoms with E-state index in [1.165, 1.54) is 0 Å². The Labute approximate surface area is 92.6 Å². The van der Waals surface area contributed by atoms with E-state index >= 15 is 0 Å². The van der Waals surface area contributed by atoms with Crippen LogP contribution in [-0.4, -0.2) is 36.9 Å². The lowest BCUT2D eigenvalue weighted by Crippen LogP contribution is -2.14. The zero-order valence-electron chi connectivity index (χ0n) is 8.59. The summed E-state index contributed by atoms with van der Waals surface area (Å²) in [4.78, 5) is 21.4. The normalized spacial score (nSPS) is 9.75. The molecule has 0 heterocycles. The molecule has 0 fully saturated rings. The summed E-state index contributed by atoms with van der Waals surface area (Å²) < 4.78 is 9.56. The van der Waals surface area contributed by atoms with E-state index in [4.69, 9.17) is 14.6 Å². The Bertz CT molecular complexity index is 347. The monoisotopic (exact) mass is 224 g/mol. The standard InChI is InChI=1S/C11H12O5/c12-10(13)8-15-6-7-16-11(14)9-4-2-1-3-5-9/h1-5H,6-8H2,(H,12,13). The van der Waals surface area contributed by atoms with E-state index in [0.29, 0.717) is 5.56 Å². The summed E-state index contributed by atoms with van der Waals surface area (Å²) in [7, 11) is 0. The van der Waals surface area contributed by atoms with Gasteiger partial charge in [0.1, 0.15) is 13.2 Å². The number of rotatable bonds is 6. The predicted octanol–water partition coefficient (Wildman–Crippen LogP) is 0.945. The van der Waals surface area contributed by atoms with Crippen LogP contribution >= 0.6 is 0 Å². The summed E-state index contributed by atoms with van der Waals surface area (Å²) in [6.07, 6.45) is 0. The van der Waals surface area contributed by atoms with E-state index < -0.39 is 11.9 Å². The number of carbonyl (C=O) groups excluding carboxylic acids is 1. The Morgan fingerprint density at radius 2 is 1.81 bits per heavy atom. The Hall–Kier alpha value is -1.88. The number of carboxylic acids is 1. The van der Waals surface area contributed by atoms with Crippen molar-refractivity contribution in [3.05, 3.63) is 35.9 Å². The fourth-order valence-corrected chi connectivity index (χ4v) is 1.01. The van der Waals surface area contributed by atoms with Crippen LogP contribution in [0.2, 0.25) is 0 Å². The minimum absolute atomic E-state index is 0.0427. The first kappa shape index (κ1) is 12.2. The number of benzene rings is 1. The van der Waals surface area contributed by atoms with Crippen LogP contribution in [0.4, 0.5) is 0 Å². The Morgan fingerprint density at radius 1 is 1.12 bits per heavy atom. The number of ether oxygens (including phenoxy) is 2. The third-order valence-corrected chi connectivity index (χ3v) is 1.70. The van der Waals surface area contributed by atoms with E-state index in [2.05, 4.69) is 0 Å². The maximum absolute atomic E-state index is 11.3. The molecule has 16 heavy (non-hydrogen) atoms. The number of carboxylic acid groups (broad SMARTS) is 1. The highest BCUT2D eigenvalue weighted by molar-refractivity contribution is 5.89. The molecule has 1 aromatic carbocycles. The van der Waals surface area contributed by atoms with Crippen molar-refractivity contribution in [2.75, 3.05) is 19.8 Å². The lowest BCUT2D eigenvalue weighted by Gasteiger charge is -2.04. The average molecular weight is 224 g/mol. The predicted molar refractivity (Wildman–Crippen MR) is 55.2 cm³/mol. The highest BCUT2D eigenvalue weighted by Crippen LogP contribution is 2.00. The topological polar surface area (TPSA) is 72.8 Å². The zero-order valence-corrected chi connectivity index (χ0v) is 8.59. The Kier molecular flexibility index (Phi) is 5.01. The molecule has 0 aliphatic carbocycles. The van der Waals surface area contributed by atoms with E-state index in [1.54, 1.807) is 30.3 Å². The third-order valence-electron chi connectivity index (χ3n) is 1.70. The van der Waals surface area contributed by atoms with Crippen LogP contribution in [-0.2, 0) is 14.3 Å². The SMILES string of the molecule is O=C(O)COCCOC(=O)c1ccccc1. The van der Waals surface area contributed by atoms with Gasteiger partial charge in [0.2, 0.25) is 0 Å². The zero-order chi connectivity index (χ0) is 11.8. The highest BCUT2D eigenvalue weighted by Gasteiger charge is 2.05. The second kappa shape index (κ2) is 6.58. The van der Waals surface area contributed by atoms with Gasteiger partial charge in [0, 0.05) is 0 Å². The molecule has 5 heteroatoms. The van der Waals surface area contributed by atoms with Gasteiger partial charge in [0.15, 0.2) is 0 Å². The minimum Gasteiger partial charge on any atom is -0.480 e. The fourth-order valence-electron chi connectivity index (χ4n) is 1.01. The first-order chi connectivity index (χ1) is 7.70. The largest absolute Gasteiger partial charge is 0.480 e. The quantitative estimate of drug-likeness (QED) is 0.575. The van der Waals surface area contributed by atoms with Gasteiger partial charge in [-0.15, -0.1) is 0 Å². The number of aliphatic carboxylic acids is 1. The average Bonchev–Trinajstić information content (AvgIpc) is 2.29. The molecule has 0 amide bonds. The number of esters is 1. The van der Waals surface area contributed by atoms with Gasteiger partial charge in [0.25, 0.3) is 0 Å². The van der Waals surface area contributed by atoms with Crippen LogP contribution in [0.15, 0.2) is 30.3 Å². The fraction of sp³-hybridized carbons (Fsp3) is 0.273. The lowest BCUT2D eigenvalue weighted by molar-refractivity contribution is -0.142. The second-order valence-electron chi connectivity index (χ2n) is 2.95. The molecule has 0 saturated heterocycles. The molecule has 0 aliphatic heterocycles. The van der Waals surface area contributed by atoms with Gasteiger partial charge in [-0.05, 0) is 12.1 Å². The molecule has 86 valence electrons. The minimum atomic E-state index is -1.05. The van der Waals surface area contributed by atoms with Crippen LogP contribution in [0.1, 0.15) is 10.4 Å². The van der Waals surface area contributed by atoms with E-state index in [1.807, 2.05) is 0 Å². The first-order valence-corrected chi connectivity index (χ1v) is 4.72. The van der Waals surface area contributed by atoms with Gasteiger partial charge in [-0.3, -0.25) is 0 Å². The van der Waals surface area contributed by atoms with Crippen LogP contribution in [0.3, 0.4) is 0 Å². The molecule has 1 rings (SSSR count). The molecule has 0 aliphatic rings. The maximum atomic E-state index is 11.3. The van der Waals surface area contributed by atoms with Crippen molar-refractivity contribution in [3.63, 3.8) is 0 Å². The molecule has 0 spiro atoms. The van der Waals surface area contributed by atoms with Gasteiger partial charge in [0.05, 0.1) is 12.2 Å². The first-order valence-electron chi connectivity index (χ1n) is 4.72. The number of hydrogen-bond donors (Lipinski definition) is 1. The summed E-state index contributed by atoms with van der Waals surface area (Å²) in [5.74, 6) is -1.49. The molecule has 0 bridgehead atoms. The Balaban J connectivity index is 2.19. The molecule has 0 atom stereocenters. The molecule has 1 aromatic rings. The molecular formula is C11H12O5. The summed E-state index contributed by atoms with van der Waals surface area (Å²) in [6.45, 7) is -0.269. The molecule has 0 saturated carbocycles. The van der Waals surface area contributed by atoms with Crippen molar-refractivity contribution in [2.24, 2.45) is 0 Å². The second-order valence-corrected chi connectivity index (χ2v) is 2.95. The lowest BCUT2D eigenvalue weighted by atomic mass is 10.2. The van der Waals surface area contributed by atoms with E-state index in [9.17, 15) is 9.59 Å². The van der Waals surface area contributed by atoms with Gasteiger partial charge >= 0.3 is 11.9 Å². The summed E-state index contributed by atoms with van der Waals surface area (Å²) in [6, 6.07) is 8.54. The summed E-state index contributed by atoms with van der Waals surface area (Å²) in [5, 5.41) is 8.27. The van der Waals surface area contributed by atoms with Crippen LogP contribution in [0.5, 0.6) is 0 Å². The Morgan fingerprint density at radius 3 is 2.44 bits per heavy atom. The van der Waals surface area contributed by atoms with Crippen LogP contribution in [0.25, 0.3) is 0 Å². The van der Waals surface area contributed by atoms with Crippen molar-refractivity contribution in [3.8, 4) is 0 Å². The molecule has 5 nitrogen and oxygen atoms in total. The summed E-state index contributed by atoms with van der Waals surface area (Å²) in [5.41, 5.74) is 0.459. The van der Waals surface area contributed by atoms with E-state index in [-0.39, 0.29) is 19.8 Å². The van der Waals surface area contributed by atoms with Gasteiger partial charge < -0.3 is 14.6 Å².